The smallest absolute Gasteiger partial charge is 0.351 e. The van der Waals surface area contributed by atoms with E-state index in [2.05, 4.69) is 5.32 Å². The molecule has 6 rings (SSSR count). The maximum atomic E-state index is 12.3. The van der Waals surface area contributed by atoms with Crippen molar-refractivity contribution in [2.24, 2.45) is 23.2 Å². The van der Waals surface area contributed by atoms with E-state index >= 15 is 0 Å². The molecule has 1 amide bonds. The predicted octanol–water partition coefficient (Wildman–Crippen LogP) is 2.70. The Balaban J connectivity index is 1.09. The Morgan fingerprint density at radius 2 is 1.68 bits per heavy atom. The van der Waals surface area contributed by atoms with E-state index in [9.17, 15) is 9.59 Å². The van der Waals surface area contributed by atoms with Gasteiger partial charge in [0.05, 0.1) is 0 Å². The zero-order valence-electron chi connectivity index (χ0n) is 16.0. The molecule has 1 N–H and O–H groups in total. The number of fused-ring (bicyclic) bond motifs is 1. The summed E-state index contributed by atoms with van der Waals surface area (Å²) in [5.74, 6) is 2.88. The molecule has 28 heavy (non-hydrogen) atoms. The number of nitrogens with one attached hydrogen (secondary N) is 1. The zero-order chi connectivity index (χ0) is 19.1. The summed E-state index contributed by atoms with van der Waals surface area (Å²) in [7, 11) is 0. The van der Waals surface area contributed by atoms with Gasteiger partial charge in [0.15, 0.2) is 18.1 Å². The monoisotopic (exact) mass is 385 g/mol. The van der Waals surface area contributed by atoms with Crippen molar-refractivity contribution in [1.29, 1.82) is 0 Å². The first kappa shape index (κ1) is 17.8. The second-order valence-corrected chi connectivity index (χ2v) is 9.17. The van der Waals surface area contributed by atoms with Gasteiger partial charge < -0.3 is 19.5 Å². The van der Waals surface area contributed by atoms with Crippen LogP contribution in [0.3, 0.4) is 0 Å². The third kappa shape index (κ3) is 3.45. The molecule has 150 valence electrons. The van der Waals surface area contributed by atoms with Crippen molar-refractivity contribution < 1.29 is 23.8 Å². The van der Waals surface area contributed by atoms with Crippen molar-refractivity contribution in [2.75, 3.05) is 19.8 Å². The number of amides is 1. The first-order chi connectivity index (χ1) is 13.6. The van der Waals surface area contributed by atoms with Gasteiger partial charge in [0.25, 0.3) is 5.91 Å². The van der Waals surface area contributed by atoms with Gasteiger partial charge in [0, 0.05) is 6.54 Å². The lowest BCUT2D eigenvalue weighted by atomic mass is 9.49. The van der Waals surface area contributed by atoms with E-state index in [1.807, 2.05) is 12.1 Å². The summed E-state index contributed by atoms with van der Waals surface area (Å²) >= 11 is 0. The van der Waals surface area contributed by atoms with Crippen LogP contribution in [0.1, 0.15) is 38.5 Å². The second-order valence-electron chi connectivity index (χ2n) is 9.17. The van der Waals surface area contributed by atoms with Crippen molar-refractivity contribution in [3.05, 3.63) is 24.3 Å². The van der Waals surface area contributed by atoms with Crippen LogP contribution in [-0.4, -0.2) is 37.7 Å². The molecule has 4 aliphatic carbocycles. The third-order valence-electron chi connectivity index (χ3n) is 6.94. The average molecular weight is 385 g/mol. The van der Waals surface area contributed by atoms with Gasteiger partial charge in [-0.2, -0.15) is 0 Å². The van der Waals surface area contributed by atoms with Crippen LogP contribution in [0, 0.1) is 23.2 Å². The van der Waals surface area contributed by atoms with Crippen molar-refractivity contribution in [3.63, 3.8) is 0 Å². The minimum absolute atomic E-state index is 0.0880. The number of benzene rings is 1. The second kappa shape index (κ2) is 6.98. The molecule has 6 heteroatoms. The molecule has 1 heterocycles. The molecule has 5 aliphatic rings. The van der Waals surface area contributed by atoms with Gasteiger partial charge in [0.1, 0.15) is 6.61 Å². The number of ether oxygens (including phenoxy) is 3. The Morgan fingerprint density at radius 3 is 2.36 bits per heavy atom. The fraction of sp³-hybridized carbons (Fsp3) is 0.636. The van der Waals surface area contributed by atoms with Crippen LogP contribution >= 0.6 is 0 Å². The lowest BCUT2D eigenvalue weighted by molar-refractivity contribution is -0.158. The van der Waals surface area contributed by atoms with E-state index in [0.717, 1.165) is 17.8 Å². The molecule has 0 spiro atoms. The zero-order valence-corrected chi connectivity index (χ0v) is 16.0. The molecule has 0 aromatic heterocycles. The highest BCUT2D eigenvalue weighted by atomic mass is 16.6. The average Bonchev–Trinajstić information content (AvgIpc) is 2.69. The summed E-state index contributed by atoms with van der Waals surface area (Å²) in [6, 6.07) is 7.19. The first-order valence-electron chi connectivity index (χ1n) is 10.4. The molecule has 1 aromatic rings. The lowest BCUT2D eigenvalue weighted by Crippen LogP contribution is -2.51. The van der Waals surface area contributed by atoms with Crippen LogP contribution in [0.5, 0.6) is 11.5 Å². The summed E-state index contributed by atoms with van der Waals surface area (Å²) in [4.78, 5) is 24.5. The molecule has 0 unspecified atom stereocenters. The highest BCUT2D eigenvalue weighted by Crippen LogP contribution is 2.59. The van der Waals surface area contributed by atoms with Crippen LogP contribution in [-0.2, 0) is 14.3 Å². The van der Waals surface area contributed by atoms with Gasteiger partial charge in [-0.1, -0.05) is 12.1 Å². The quantitative estimate of drug-likeness (QED) is 0.789. The molecule has 0 saturated heterocycles. The maximum absolute atomic E-state index is 12.3. The van der Waals surface area contributed by atoms with E-state index in [0.29, 0.717) is 18.0 Å². The maximum Gasteiger partial charge on any atom is 0.351 e. The number of esters is 1. The number of carbonyl (C=O) groups excluding carboxylic acids is 2. The van der Waals surface area contributed by atoms with E-state index in [-0.39, 0.29) is 24.5 Å². The van der Waals surface area contributed by atoms with Crippen LogP contribution in [0.2, 0.25) is 0 Å². The van der Waals surface area contributed by atoms with Crippen molar-refractivity contribution in [3.8, 4) is 11.5 Å². The number of para-hydroxylation sites is 2. The highest BCUT2D eigenvalue weighted by Gasteiger charge is 2.50. The van der Waals surface area contributed by atoms with E-state index in [1.165, 1.54) is 38.5 Å². The van der Waals surface area contributed by atoms with Crippen molar-refractivity contribution in [2.45, 2.75) is 44.6 Å². The largest absolute Gasteiger partial charge is 0.485 e. The minimum Gasteiger partial charge on any atom is -0.485 e. The topological polar surface area (TPSA) is 73.9 Å². The highest BCUT2D eigenvalue weighted by molar-refractivity contribution is 5.82. The molecular formula is C22H27NO5. The van der Waals surface area contributed by atoms with Gasteiger partial charge in [-0.25, -0.2) is 4.79 Å². The summed E-state index contributed by atoms with van der Waals surface area (Å²) in [6.45, 7) is 0.529. The standard InChI is InChI=1S/C22H27NO5/c24-20(23-13-22-8-14-5-15(9-22)7-16(6-14)10-22)12-27-21(25)19-11-26-17-3-1-2-4-18(17)28-19/h1-4,14-16,19H,5-13H2,(H,23,24)/t14?,15?,16?,19-,22?/m1/s1. The fourth-order valence-electron chi connectivity index (χ4n) is 6.21. The van der Waals surface area contributed by atoms with Gasteiger partial charge in [-0.3, -0.25) is 4.79 Å². The molecule has 6 nitrogen and oxygen atoms in total. The van der Waals surface area contributed by atoms with Gasteiger partial charge in [-0.05, 0) is 73.8 Å². The number of carbonyl (C=O) groups is 2. The summed E-state index contributed by atoms with van der Waals surface area (Å²) in [6.07, 6.45) is 7.04. The summed E-state index contributed by atoms with van der Waals surface area (Å²) < 4.78 is 16.3. The molecule has 1 aromatic carbocycles. The molecular weight excluding hydrogens is 358 g/mol. The minimum atomic E-state index is -0.842. The Labute approximate surface area is 164 Å². The van der Waals surface area contributed by atoms with Gasteiger partial charge in [-0.15, -0.1) is 0 Å². The molecule has 0 radical (unpaired) electrons. The summed E-state index contributed by atoms with van der Waals surface area (Å²) in [5, 5.41) is 3.03. The molecule has 4 fully saturated rings. The van der Waals surface area contributed by atoms with Crippen LogP contribution < -0.4 is 14.8 Å². The van der Waals surface area contributed by atoms with Crippen LogP contribution in [0.4, 0.5) is 0 Å². The molecule has 4 saturated carbocycles. The van der Waals surface area contributed by atoms with Crippen LogP contribution in [0.25, 0.3) is 0 Å². The van der Waals surface area contributed by atoms with E-state index in [1.54, 1.807) is 12.1 Å². The van der Waals surface area contributed by atoms with Crippen molar-refractivity contribution >= 4 is 11.9 Å². The number of hydrogen-bond donors (Lipinski definition) is 1. The normalized spacial score (nSPS) is 34.7. The fourth-order valence-corrected chi connectivity index (χ4v) is 6.21. The Morgan fingerprint density at radius 1 is 1.04 bits per heavy atom. The molecule has 1 atom stereocenters. The van der Waals surface area contributed by atoms with Crippen molar-refractivity contribution in [1.82, 2.24) is 5.32 Å². The third-order valence-corrected chi connectivity index (χ3v) is 6.94. The van der Waals surface area contributed by atoms with Gasteiger partial charge >= 0.3 is 5.97 Å². The van der Waals surface area contributed by atoms with Gasteiger partial charge in [0.2, 0.25) is 6.10 Å². The Kier molecular flexibility index (Phi) is 4.44. The SMILES string of the molecule is O=C(COC(=O)[C@H]1COc2ccccc2O1)NCC12CC3CC(CC(C3)C1)C2. The van der Waals surface area contributed by atoms with E-state index < -0.39 is 12.1 Å². The molecule has 4 bridgehead atoms. The number of rotatable bonds is 5. The molecule has 1 aliphatic heterocycles. The predicted molar refractivity (Wildman–Crippen MR) is 101 cm³/mol. The van der Waals surface area contributed by atoms with E-state index in [4.69, 9.17) is 14.2 Å². The number of hydrogen-bond acceptors (Lipinski definition) is 5. The first-order valence-corrected chi connectivity index (χ1v) is 10.4. The van der Waals surface area contributed by atoms with Crippen LogP contribution in [0.15, 0.2) is 24.3 Å². The summed E-state index contributed by atoms with van der Waals surface area (Å²) in [5.41, 5.74) is 0.276. The Bertz CT molecular complexity index is 741. The lowest BCUT2D eigenvalue weighted by Gasteiger charge is -2.56. The Hall–Kier alpha value is -2.24.